The van der Waals surface area contributed by atoms with Crippen molar-refractivity contribution in [3.8, 4) is 0 Å². The standard InChI is InChI=1S/C13H21N3.3ClH/c1-15-7-9-16(10-8-15)11-13(14)12-5-3-2-4-6-12;;;/h2-6,13H,7-11,14H2,1H3;3*1H/t13-;;;/m1.../s1. The molecule has 6 heteroatoms. The highest BCUT2D eigenvalue weighted by Crippen LogP contribution is 2.12. The molecule has 1 fully saturated rings. The van der Waals surface area contributed by atoms with Gasteiger partial charge in [-0.15, -0.1) is 37.2 Å². The number of rotatable bonds is 3. The minimum atomic E-state index is 0. The molecule has 0 unspecified atom stereocenters. The lowest BCUT2D eigenvalue weighted by molar-refractivity contribution is 0.147. The van der Waals surface area contributed by atoms with Crippen LogP contribution in [0.25, 0.3) is 0 Å². The van der Waals surface area contributed by atoms with E-state index in [-0.39, 0.29) is 43.3 Å². The molecule has 0 amide bonds. The first-order valence-corrected chi connectivity index (χ1v) is 5.97. The quantitative estimate of drug-likeness (QED) is 0.923. The summed E-state index contributed by atoms with van der Waals surface area (Å²) in [5.41, 5.74) is 7.44. The summed E-state index contributed by atoms with van der Waals surface area (Å²) in [7, 11) is 2.18. The molecule has 0 radical (unpaired) electrons. The predicted octanol–water partition coefficient (Wildman–Crippen LogP) is 2.20. The van der Waals surface area contributed by atoms with Crippen molar-refractivity contribution in [1.82, 2.24) is 9.80 Å². The molecule has 1 aliphatic heterocycles. The van der Waals surface area contributed by atoms with Crippen LogP contribution in [0.4, 0.5) is 0 Å². The lowest BCUT2D eigenvalue weighted by atomic mass is 10.1. The normalized spacial score (nSPS) is 17.6. The maximum Gasteiger partial charge on any atom is 0.0424 e. The number of piperazine rings is 1. The third-order valence-electron chi connectivity index (χ3n) is 3.28. The largest absolute Gasteiger partial charge is 0.323 e. The van der Waals surface area contributed by atoms with Crippen LogP contribution in [0.1, 0.15) is 11.6 Å². The Balaban J connectivity index is 0. The van der Waals surface area contributed by atoms with Gasteiger partial charge in [-0.3, -0.25) is 4.90 Å². The molecule has 1 aromatic rings. The van der Waals surface area contributed by atoms with E-state index in [4.69, 9.17) is 5.73 Å². The highest BCUT2D eigenvalue weighted by molar-refractivity contribution is 5.86. The van der Waals surface area contributed by atoms with Crippen molar-refractivity contribution in [1.29, 1.82) is 0 Å². The van der Waals surface area contributed by atoms with Gasteiger partial charge in [0.2, 0.25) is 0 Å². The van der Waals surface area contributed by atoms with Gasteiger partial charge in [0.05, 0.1) is 0 Å². The smallest absolute Gasteiger partial charge is 0.0424 e. The van der Waals surface area contributed by atoms with Crippen LogP contribution in [0, 0.1) is 0 Å². The van der Waals surface area contributed by atoms with E-state index in [2.05, 4.69) is 41.1 Å². The first kappa shape index (κ1) is 21.3. The second kappa shape index (κ2) is 10.7. The molecular formula is C13H24Cl3N3. The molecule has 2 N–H and O–H groups in total. The second-order valence-corrected chi connectivity index (χ2v) is 4.62. The highest BCUT2D eigenvalue weighted by atomic mass is 35.5. The summed E-state index contributed by atoms with van der Waals surface area (Å²) in [6.07, 6.45) is 0. The molecule has 1 heterocycles. The molecular weight excluding hydrogens is 305 g/mol. The Morgan fingerprint density at radius 3 is 2.05 bits per heavy atom. The maximum absolute atomic E-state index is 6.21. The molecule has 19 heavy (non-hydrogen) atoms. The van der Waals surface area contributed by atoms with E-state index in [1.807, 2.05) is 6.07 Å². The zero-order valence-corrected chi connectivity index (χ0v) is 13.6. The Morgan fingerprint density at radius 1 is 1.00 bits per heavy atom. The highest BCUT2D eigenvalue weighted by Gasteiger charge is 2.16. The molecule has 1 aromatic carbocycles. The number of hydrogen-bond donors (Lipinski definition) is 1. The molecule has 1 aliphatic rings. The fourth-order valence-electron chi connectivity index (χ4n) is 2.11. The second-order valence-electron chi connectivity index (χ2n) is 4.62. The number of halogens is 3. The van der Waals surface area contributed by atoms with Crippen LogP contribution < -0.4 is 5.73 Å². The van der Waals surface area contributed by atoms with E-state index >= 15 is 0 Å². The van der Waals surface area contributed by atoms with Crippen molar-refractivity contribution < 1.29 is 0 Å². The number of benzene rings is 1. The Hall–Kier alpha value is -0.0300. The predicted molar refractivity (Wildman–Crippen MR) is 89.1 cm³/mol. The van der Waals surface area contributed by atoms with Gasteiger partial charge in [-0.25, -0.2) is 0 Å². The van der Waals surface area contributed by atoms with Crippen molar-refractivity contribution in [2.75, 3.05) is 39.8 Å². The van der Waals surface area contributed by atoms with E-state index in [0.717, 1.165) is 32.7 Å². The Labute approximate surface area is 134 Å². The third kappa shape index (κ3) is 6.80. The summed E-state index contributed by atoms with van der Waals surface area (Å²) < 4.78 is 0. The maximum atomic E-state index is 6.21. The van der Waals surface area contributed by atoms with Crippen LogP contribution in [-0.4, -0.2) is 49.6 Å². The zero-order chi connectivity index (χ0) is 11.4. The average Bonchev–Trinajstić information content (AvgIpc) is 2.33. The molecule has 0 spiro atoms. The van der Waals surface area contributed by atoms with Crippen LogP contribution in [0.3, 0.4) is 0 Å². The molecule has 1 atom stereocenters. The van der Waals surface area contributed by atoms with Gasteiger partial charge in [0.1, 0.15) is 0 Å². The minimum absolute atomic E-state index is 0. The van der Waals surface area contributed by atoms with Crippen molar-refractivity contribution >= 4 is 37.2 Å². The van der Waals surface area contributed by atoms with Crippen molar-refractivity contribution in [2.45, 2.75) is 6.04 Å². The summed E-state index contributed by atoms with van der Waals surface area (Å²) in [6, 6.07) is 10.5. The topological polar surface area (TPSA) is 32.5 Å². The van der Waals surface area contributed by atoms with Crippen LogP contribution >= 0.6 is 37.2 Å². The van der Waals surface area contributed by atoms with Crippen molar-refractivity contribution in [3.05, 3.63) is 35.9 Å². The average molecular weight is 329 g/mol. The number of nitrogens with zero attached hydrogens (tertiary/aromatic N) is 2. The zero-order valence-electron chi connectivity index (χ0n) is 11.2. The van der Waals surface area contributed by atoms with Gasteiger partial charge < -0.3 is 10.6 Å². The van der Waals surface area contributed by atoms with Gasteiger partial charge in [0, 0.05) is 38.8 Å². The van der Waals surface area contributed by atoms with Crippen LogP contribution in [0.5, 0.6) is 0 Å². The summed E-state index contributed by atoms with van der Waals surface area (Å²) in [5, 5.41) is 0. The van der Waals surface area contributed by atoms with E-state index in [9.17, 15) is 0 Å². The summed E-state index contributed by atoms with van der Waals surface area (Å²) in [4.78, 5) is 4.82. The third-order valence-corrected chi connectivity index (χ3v) is 3.28. The first-order valence-electron chi connectivity index (χ1n) is 5.97. The van der Waals surface area contributed by atoms with E-state index in [1.165, 1.54) is 5.56 Å². The van der Waals surface area contributed by atoms with Gasteiger partial charge in [-0.1, -0.05) is 30.3 Å². The fourth-order valence-corrected chi connectivity index (χ4v) is 2.11. The molecule has 0 aliphatic carbocycles. The summed E-state index contributed by atoms with van der Waals surface area (Å²) in [6.45, 7) is 5.55. The van der Waals surface area contributed by atoms with Gasteiger partial charge in [-0.2, -0.15) is 0 Å². The summed E-state index contributed by atoms with van der Waals surface area (Å²) >= 11 is 0. The van der Waals surface area contributed by atoms with Gasteiger partial charge >= 0.3 is 0 Å². The fraction of sp³-hybridized carbons (Fsp3) is 0.538. The molecule has 0 bridgehead atoms. The molecule has 3 nitrogen and oxygen atoms in total. The minimum Gasteiger partial charge on any atom is -0.323 e. The van der Waals surface area contributed by atoms with E-state index in [1.54, 1.807) is 0 Å². The number of nitrogens with two attached hydrogens (primary N) is 1. The van der Waals surface area contributed by atoms with Crippen LogP contribution in [0.2, 0.25) is 0 Å². The van der Waals surface area contributed by atoms with E-state index in [0.29, 0.717) is 0 Å². The summed E-state index contributed by atoms with van der Waals surface area (Å²) in [5.74, 6) is 0. The molecule has 112 valence electrons. The van der Waals surface area contributed by atoms with Gasteiger partial charge in [-0.05, 0) is 12.6 Å². The van der Waals surface area contributed by atoms with Gasteiger partial charge in [0.25, 0.3) is 0 Å². The lowest BCUT2D eigenvalue weighted by Crippen LogP contribution is -2.46. The molecule has 1 saturated heterocycles. The number of hydrogen-bond acceptors (Lipinski definition) is 3. The van der Waals surface area contributed by atoms with Crippen molar-refractivity contribution in [3.63, 3.8) is 0 Å². The molecule has 0 aromatic heterocycles. The van der Waals surface area contributed by atoms with E-state index < -0.39 is 0 Å². The monoisotopic (exact) mass is 327 g/mol. The Morgan fingerprint density at radius 2 is 1.53 bits per heavy atom. The van der Waals surface area contributed by atoms with Crippen molar-refractivity contribution in [2.24, 2.45) is 5.73 Å². The lowest BCUT2D eigenvalue weighted by Gasteiger charge is -2.33. The Bertz CT molecular complexity index is 316. The SMILES string of the molecule is CN1CCN(C[C@@H](N)c2ccccc2)CC1.Cl.Cl.Cl. The van der Waals surface area contributed by atoms with Crippen LogP contribution in [-0.2, 0) is 0 Å². The first-order chi connectivity index (χ1) is 7.75. The van der Waals surface area contributed by atoms with Crippen LogP contribution in [0.15, 0.2) is 30.3 Å². The molecule has 2 rings (SSSR count). The number of likely N-dealkylation sites (N-methyl/N-ethyl adjacent to an activating group) is 1. The Kier molecular flexibility index (Phi) is 12.0. The molecule has 0 saturated carbocycles. The van der Waals surface area contributed by atoms with Gasteiger partial charge in [0.15, 0.2) is 0 Å².